The summed E-state index contributed by atoms with van der Waals surface area (Å²) in [6.45, 7) is 1.71. The largest absolute Gasteiger partial charge is 0.450 e. The van der Waals surface area contributed by atoms with Crippen LogP contribution in [0.2, 0.25) is 0 Å². The molecule has 2 aromatic carbocycles. The van der Waals surface area contributed by atoms with E-state index in [9.17, 15) is 19.1 Å². The molecular weight excluding hydrogens is 343 g/mol. The number of rotatable bonds is 4. The lowest BCUT2D eigenvalue weighted by atomic mass is 10.1. The molecular formula is C19H17FO6. The van der Waals surface area contributed by atoms with Crippen molar-refractivity contribution in [3.05, 3.63) is 71.3 Å². The maximum absolute atomic E-state index is 14.5. The van der Waals surface area contributed by atoms with Crippen molar-refractivity contribution in [2.75, 3.05) is 0 Å². The highest BCUT2D eigenvalue weighted by Gasteiger charge is 2.49. The third kappa shape index (κ3) is 3.74. The topological polar surface area (TPSA) is 82.1 Å². The molecule has 7 heteroatoms. The number of halogens is 1. The van der Waals surface area contributed by atoms with Crippen LogP contribution in [-0.2, 0) is 14.2 Å². The number of hydrogen-bond acceptors (Lipinski definition) is 6. The number of ether oxygens (including phenoxy) is 3. The molecule has 0 saturated carbocycles. The highest BCUT2D eigenvalue weighted by molar-refractivity contribution is 5.91. The fourth-order valence-corrected chi connectivity index (χ4v) is 2.55. The molecule has 136 valence electrons. The monoisotopic (exact) mass is 360 g/mol. The van der Waals surface area contributed by atoms with E-state index >= 15 is 0 Å². The number of hydrogen-bond donors (Lipinski definition) is 1. The van der Waals surface area contributed by atoms with Crippen molar-refractivity contribution in [3.63, 3.8) is 0 Å². The first-order chi connectivity index (χ1) is 12.5. The summed E-state index contributed by atoms with van der Waals surface area (Å²) in [6, 6.07) is 14.6. The molecule has 6 nitrogen and oxygen atoms in total. The third-order valence-corrected chi connectivity index (χ3v) is 3.97. The number of esters is 2. The first-order valence-electron chi connectivity index (χ1n) is 7.97. The Morgan fingerprint density at radius 1 is 1.00 bits per heavy atom. The van der Waals surface area contributed by atoms with Crippen LogP contribution >= 0.6 is 0 Å². The Balaban J connectivity index is 1.66. The summed E-state index contributed by atoms with van der Waals surface area (Å²) in [5.74, 6) is -1.61. The normalized spacial score (nSPS) is 24.9. The molecule has 1 heterocycles. The van der Waals surface area contributed by atoms with E-state index in [1.54, 1.807) is 43.3 Å². The maximum atomic E-state index is 14.5. The second-order valence-corrected chi connectivity index (χ2v) is 5.80. The van der Waals surface area contributed by atoms with Crippen molar-refractivity contribution in [1.82, 2.24) is 0 Å². The van der Waals surface area contributed by atoms with Crippen molar-refractivity contribution in [2.45, 2.75) is 31.8 Å². The molecule has 1 unspecified atom stereocenters. The Kier molecular flexibility index (Phi) is 5.29. The lowest BCUT2D eigenvalue weighted by Crippen LogP contribution is -2.35. The quantitative estimate of drug-likeness (QED) is 0.843. The summed E-state index contributed by atoms with van der Waals surface area (Å²) in [6.07, 6.45) is -7.04. The van der Waals surface area contributed by atoms with E-state index in [-0.39, 0.29) is 11.1 Å². The van der Waals surface area contributed by atoms with Crippen LogP contribution in [0.5, 0.6) is 0 Å². The van der Waals surface area contributed by atoms with E-state index < -0.39 is 36.8 Å². The van der Waals surface area contributed by atoms with Crippen molar-refractivity contribution >= 4 is 11.9 Å². The average molecular weight is 360 g/mol. The van der Waals surface area contributed by atoms with Crippen LogP contribution in [0.25, 0.3) is 0 Å². The molecule has 3 rings (SSSR count). The van der Waals surface area contributed by atoms with Crippen molar-refractivity contribution in [1.29, 1.82) is 0 Å². The standard InChI is InChI=1S/C19H17FO6/c1-11-7-5-6-10-13(11)17(22)25-19-14(20)15(18(23)26-19)24-16(21)12-8-3-2-4-9-12/h2-10,14-15,18-19,23H,1H3/t14-,15-,18?,19+/m1/s1. The van der Waals surface area contributed by atoms with Crippen molar-refractivity contribution in [3.8, 4) is 0 Å². The summed E-state index contributed by atoms with van der Waals surface area (Å²) in [5.41, 5.74) is 1.10. The Labute approximate surface area is 149 Å². The molecule has 1 saturated heterocycles. The smallest absolute Gasteiger partial charge is 0.340 e. The van der Waals surface area contributed by atoms with E-state index in [0.29, 0.717) is 5.56 Å². The fraction of sp³-hybridized carbons (Fsp3) is 0.263. The minimum Gasteiger partial charge on any atom is -0.450 e. The lowest BCUT2D eigenvalue weighted by molar-refractivity contribution is -0.181. The molecule has 1 aliphatic rings. The fourth-order valence-electron chi connectivity index (χ4n) is 2.55. The molecule has 0 amide bonds. The number of alkyl halides is 1. The molecule has 0 aromatic heterocycles. The van der Waals surface area contributed by atoms with Crippen molar-refractivity contribution in [2.24, 2.45) is 0 Å². The van der Waals surface area contributed by atoms with Gasteiger partial charge >= 0.3 is 11.9 Å². The van der Waals surface area contributed by atoms with Gasteiger partial charge in [0.05, 0.1) is 11.1 Å². The number of benzene rings is 2. The van der Waals surface area contributed by atoms with Gasteiger partial charge < -0.3 is 19.3 Å². The van der Waals surface area contributed by atoms with Crippen LogP contribution in [0.1, 0.15) is 26.3 Å². The van der Waals surface area contributed by atoms with Gasteiger partial charge in [-0.3, -0.25) is 0 Å². The second-order valence-electron chi connectivity index (χ2n) is 5.80. The van der Waals surface area contributed by atoms with Gasteiger partial charge in [0, 0.05) is 0 Å². The molecule has 1 fully saturated rings. The van der Waals surface area contributed by atoms with Crippen LogP contribution in [-0.4, -0.2) is 41.9 Å². The number of aliphatic hydroxyl groups is 1. The van der Waals surface area contributed by atoms with E-state index in [4.69, 9.17) is 14.2 Å². The molecule has 0 spiro atoms. The van der Waals surface area contributed by atoms with Gasteiger partial charge in [0.25, 0.3) is 0 Å². The van der Waals surface area contributed by atoms with E-state index in [1.807, 2.05) is 0 Å². The van der Waals surface area contributed by atoms with E-state index in [2.05, 4.69) is 0 Å². The Hall–Kier alpha value is -2.77. The van der Waals surface area contributed by atoms with Crippen LogP contribution in [0.15, 0.2) is 54.6 Å². The molecule has 0 radical (unpaired) electrons. The molecule has 0 aliphatic carbocycles. The SMILES string of the molecule is Cc1ccccc1C(=O)O[C@H]1OC(O)[C@H](OC(=O)c2ccccc2)[C@H]1F. The molecule has 26 heavy (non-hydrogen) atoms. The summed E-state index contributed by atoms with van der Waals surface area (Å²) in [7, 11) is 0. The lowest BCUT2D eigenvalue weighted by Gasteiger charge is -2.16. The zero-order valence-electron chi connectivity index (χ0n) is 13.9. The van der Waals surface area contributed by atoms with E-state index in [1.165, 1.54) is 18.2 Å². The third-order valence-electron chi connectivity index (χ3n) is 3.97. The Bertz CT molecular complexity index is 794. The number of aryl methyl sites for hydroxylation is 1. The second kappa shape index (κ2) is 7.63. The van der Waals surface area contributed by atoms with Gasteiger partial charge in [0.15, 0.2) is 12.4 Å². The Morgan fingerprint density at radius 2 is 1.65 bits per heavy atom. The van der Waals surface area contributed by atoms with Gasteiger partial charge in [0.2, 0.25) is 12.5 Å². The summed E-state index contributed by atoms with van der Waals surface area (Å²) < 4.78 is 29.4. The Morgan fingerprint density at radius 3 is 2.35 bits per heavy atom. The highest BCUT2D eigenvalue weighted by atomic mass is 19.1. The molecule has 4 atom stereocenters. The molecule has 2 aromatic rings. The van der Waals surface area contributed by atoms with Crippen LogP contribution in [0.3, 0.4) is 0 Å². The highest BCUT2D eigenvalue weighted by Crippen LogP contribution is 2.28. The summed E-state index contributed by atoms with van der Waals surface area (Å²) >= 11 is 0. The predicted octanol–water partition coefficient (Wildman–Crippen LogP) is 2.39. The zero-order valence-corrected chi connectivity index (χ0v) is 13.9. The maximum Gasteiger partial charge on any atom is 0.340 e. The number of aliphatic hydroxyl groups excluding tert-OH is 1. The van der Waals surface area contributed by atoms with Gasteiger partial charge in [0.1, 0.15) is 0 Å². The van der Waals surface area contributed by atoms with Gasteiger partial charge in [-0.25, -0.2) is 14.0 Å². The summed E-state index contributed by atoms with van der Waals surface area (Å²) in [4.78, 5) is 24.2. The van der Waals surface area contributed by atoms with Crippen LogP contribution in [0, 0.1) is 6.92 Å². The van der Waals surface area contributed by atoms with E-state index in [0.717, 1.165) is 0 Å². The van der Waals surface area contributed by atoms with Crippen LogP contribution < -0.4 is 0 Å². The van der Waals surface area contributed by atoms with Crippen LogP contribution in [0.4, 0.5) is 4.39 Å². The summed E-state index contributed by atoms with van der Waals surface area (Å²) in [5, 5.41) is 9.83. The van der Waals surface area contributed by atoms with Gasteiger partial charge in [-0.2, -0.15) is 0 Å². The minimum absolute atomic E-state index is 0.201. The minimum atomic E-state index is -2.02. The molecule has 1 aliphatic heterocycles. The number of carbonyl (C=O) groups is 2. The predicted molar refractivity (Wildman–Crippen MR) is 88.0 cm³/mol. The van der Waals surface area contributed by atoms with Gasteiger partial charge in [-0.05, 0) is 30.7 Å². The van der Waals surface area contributed by atoms with Gasteiger partial charge in [-0.1, -0.05) is 36.4 Å². The molecule has 0 bridgehead atoms. The first-order valence-corrected chi connectivity index (χ1v) is 7.97. The average Bonchev–Trinajstić information content (AvgIpc) is 2.90. The zero-order chi connectivity index (χ0) is 18.7. The first kappa shape index (κ1) is 18.0. The molecule has 1 N–H and O–H groups in total. The number of carbonyl (C=O) groups excluding carboxylic acids is 2. The van der Waals surface area contributed by atoms with Crippen molar-refractivity contribution < 1.29 is 33.3 Å². The van der Waals surface area contributed by atoms with Gasteiger partial charge in [-0.15, -0.1) is 0 Å².